The summed E-state index contributed by atoms with van der Waals surface area (Å²) in [5.41, 5.74) is 10.5. The van der Waals surface area contributed by atoms with E-state index in [1.807, 2.05) is 0 Å². The Balaban J connectivity index is 1.77. The summed E-state index contributed by atoms with van der Waals surface area (Å²) < 4.78 is 0. The predicted molar refractivity (Wildman–Crippen MR) is 109 cm³/mol. The first kappa shape index (κ1) is 17.3. The summed E-state index contributed by atoms with van der Waals surface area (Å²) in [4.78, 5) is 5.88. The maximum absolute atomic E-state index is 6.44. The predicted octanol–water partition coefficient (Wildman–Crippen LogP) is 4.29. The van der Waals surface area contributed by atoms with Crippen LogP contribution in [0.4, 0.5) is 0 Å². The van der Waals surface area contributed by atoms with E-state index in [0.717, 1.165) is 25.7 Å². The third-order valence-electron chi connectivity index (χ3n) is 6.37. The van der Waals surface area contributed by atoms with Gasteiger partial charge in [0.15, 0.2) is 0 Å². The molecule has 136 valence electrons. The monoisotopic (exact) mass is 347 g/mol. The highest BCUT2D eigenvalue weighted by Gasteiger charge is 2.45. The molecule has 3 nitrogen and oxygen atoms in total. The summed E-state index contributed by atoms with van der Waals surface area (Å²) in [5.74, 6) is 0.489. The van der Waals surface area contributed by atoms with Crippen LogP contribution in [-0.2, 0) is 12.0 Å². The molecule has 2 aromatic carbocycles. The van der Waals surface area contributed by atoms with Gasteiger partial charge in [0.25, 0.3) is 0 Å². The number of benzene rings is 2. The van der Waals surface area contributed by atoms with Gasteiger partial charge in [-0.25, -0.2) is 0 Å². The van der Waals surface area contributed by atoms with E-state index < -0.39 is 0 Å². The lowest BCUT2D eigenvalue weighted by Crippen LogP contribution is -2.53. The van der Waals surface area contributed by atoms with Gasteiger partial charge in [0.05, 0.1) is 0 Å². The van der Waals surface area contributed by atoms with Gasteiger partial charge in [-0.2, -0.15) is 0 Å². The topological polar surface area (TPSA) is 45.0 Å². The maximum Gasteiger partial charge on any atom is 0.0487 e. The largest absolute Gasteiger partial charge is 0.361 e. The van der Waals surface area contributed by atoms with Crippen molar-refractivity contribution in [2.24, 2.45) is 11.7 Å². The van der Waals surface area contributed by atoms with Crippen LogP contribution in [0, 0.1) is 5.92 Å². The first-order valence-corrected chi connectivity index (χ1v) is 9.65. The number of fused-ring (bicyclic) bond motifs is 1. The summed E-state index contributed by atoms with van der Waals surface area (Å²) in [7, 11) is 4.46. The molecule has 0 aliphatic heterocycles. The zero-order valence-corrected chi connectivity index (χ0v) is 15.8. The molecule has 3 atom stereocenters. The molecule has 0 saturated heterocycles. The molecule has 3 heteroatoms. The van der Waals surface area contributed by atoms with Gasteiger partial charge in [0, 0.05) is 28.7 Å². The molecule has 1 saturated carbocycles. The lowest BCUT2D eigenvalue weighted by molar-refractivity contribution is 0.0267. The second kappa shape index (κ2) is 6.90. The normalized spacial score (nSPS) is 26.5. The highest BCUT2D eigenvalue weighted by Crippen LogP contribution is 2.46. The molecule has 26 heavy (non-hydrogen) atoms. The van der Waals surface area contributed by atoms with Crippen LogP contribution in [0.3, 0.4) is 0 Å². The van der Waals surface area contributed by atoms with Crippen molar-refractivity contribution < 1.29 is 0 Å². The third-order valence-corrected chi connectivity index (χ3v) is 6.37. The lowest BCUT2D eigenvalue weighted by Gasteiger charge is -2.51. The fourth-order valence-corrected chi connectivity index (χ4v) is 5.06. The number of aromatic amines is 1. The lowest BCUT2D eigenvalue weighted by atomic mass is 9.65. The van der Waals surface area contributed by atoms with Crippen LogP contribution in [0.25, 0.3) is 10.9 Å². The number of rotatable bonds is 4. The summed E-state index contributed by atoms with van der Waals surface area (Å²) in [6.07, 6.45) is 6.49. The SMILES string of the molecule is CN(C)C1(c2ccccc2)CCC(N)CC1Cc1c[nH]c2ccccc12. The molecule has 1 fully saturated rings. The standard InChI is InChI=1S/C23H29N3/c1-26(2)23(18-8-4-3-5-9-18)13-12-20(24)15-19(23)14-17-16-25-22-11-7-6-10-21(17)22/h3-11,16,19-20,25H,12-15,24H2,1-2H3. The average Bonchev–Trinajstić information content (AvgIpc) is 3.06. The molecule has 0 amide bonds. The quantitative estimate of drug-likeness (QED) is 0.739. The van der Waals surface area contributed by atoms with Crippen molar-refractivity contribution >= 4 is 10.9 Å². The van der Waals surface area contributed by atoms with E-state index in [2.05, 4.69) is 84.8 Å². The molecule has 3 N–H and O–H groups in total. The van der Waals surface area contributed by atoms with E-state index in [4.69, 9.17) is 5.73 Å². The Morgan fingerprint density at radius 1 is 1.08 bits per heavy atom. The highest BCUT2D eigenvalue weighted by atomic mass is 15.2. The number of nitrogens with one attached hydrogen (secondary N) is 1. The van der Waals surface area contributed by atoms with E-state index in [1.54, 1.807) is 0 Å². The molecular weight excluding hydrogens is 318 g/mol. The van der Waals surface area contributed by atoms with Gasteiger partial charge in [-0.1, -0.05) is 48.5 Å². The van der Waals surface area contributed by atoms with E-state index in [-0.39, 0.29) is 5.54 Å². The Kier molecular flexibility index (Phi) is 4.60. The van der Waals surface area contributed by atoms with Gasteiger partial charge in [-0.15, -0.1) is 0 Å². The number of para-hydroxylation sites is 1. The molecule has 0 spiro atoms. The van der Waals surface area contributed by atoms with Crippen molar-refractivity contribution in [3.63, 3.8) is 0 Å². The Morgan fingerprint density at radius 3 is 2.58 bits per heavy atom. The van der Waals surface area contributed by atoms with Gasteiger partial charge < -0.3 is 10.7 Å². The minimum Gasteiger partial charge on any atom is -0.361 e. The molecule has 0 radical (unpaired) electrons. The number of nitrogens with two attached hydrogens (primary N) is 1. The van der Waals surface area contributed by atoms with Crippen LogP contribution in [0.1, 0.15) is 30.4 Å². The van der Waals surface area contributed by atoms with E-state index in [9.17, 15) is 0 Å². The Hall–Kier alpha value is -2.10. The Labute approximate surface area is 156 Å². The van der Waals surface area contributed by atoms with Crippen LogP contribution in [0.2, 0.25) is 0 Å². The number of hydrogen-bond acceptors (Lipinski definition) is 2. The molecule has 3 unspecified atom stereocenters. The van der Waals surface area contributed by atoms with Crippen LogP contribution in [0.5, 0.6) is 0 Å². The van der Waals surface area contributed by atoms with Crippen molar-refractivity contribution in [3.8, 4) is 0 Å². The molecule has 3 aromatic rings. The van der Waals surface area contributed by atoms with Crippen molar-refractivity contribution in [1.82, 2.24) is 9.88 Å². The van der Waals surface area contributed by atoms with Gasteiger partial charge in [0.2, 0.25) is 0 Å². The Bertz CT molecular complexity index is 867. The van der Waals surface area contributed by atoms with Gasteiger partial charge >= 0.3 is 0 Å². The summed E-state index contributed by atoms with van der Waals surface area (Å²) in [6, 6.07) is 19.9. The number of hydrogen-bond donors (Lipinski definition) is 2. The second-order valence-corrected chi connectivity index (χ2v) is 7.98. The van der Waals surface area contributed by atoms with Crippen molar-refractivity contribution in [3.05, 3.63) is 71.9 Å². The van der Waals surface area contributed by atoms with E-state index >= 15 is 0 Å². The molecule has 4 rings (SSSR count). The van der Waals surface area contributed by atoms with Crippen LogP contribution in [-0.4, -0.2) is 30.0 Å². The summed E-state index contributed by atoms with van der Waals surface area (Å²) in [6.45, 7) is 0. The number of nitrogens with zero attached hydrogens (tertiary/aromatic N) is 1. The molecule has 1 aliphatic carbocycles. The highest BCUT2D eigenvalue weighted by molar-refractivity contribution is 5.83. The zero-order valence-electron chi connectivity index (χ0n) is 15.8. The van der Waals surface area contributed by atoms with Gasteiger partial charge in [-0.3, -0.25) is 4.90 Å². The molecule has 1 aromatic heterocycles. The van der Waals surface area contributed by atoms with Crippen molar-refractivity contribution in [2.45, 2.75) is 37.3 Å². The molecular formula is C23H29N3. The van der Waals surface area contributed by atoms with Crippen molar-refractivity contribution in [2.75, 3.05) is 14.1 Å². The van der Waals surface area contributed by atoms with E-state index in [1.165, 1.54) is 22.0 Å². The average molecular weight is 348 g/mol. The maximum atomic E-state index is 6.44. The van der Waals surface area contributed by atoms with Crippen LogP contribution in [0.15, 0.2) is 60.8 Å². The summed E-state index contributed by atoms with van der Waals surface area (Å²) >= 11 is 0. The first-order chi connectivity index (χ1) is 12.6. The van der Waals surface area contributed by atoms with Crippen molar-refractivity contribution in [1.29, 1.82) is 0 Å². The first-order valence-electron chi connectivity index (χ1n) is 9.65. The number of aromatic nitrogens is 1. The van der Waals surface area contributed by atoms with Gasteiger partial charge in [0.1, 0.15) is 0 Å². The molecule has 0 bridgehead atoms. The van der Waals surface area contributed by atoms with E-state index in [0.29, 0.717) is 12.0 Å². The number of H-pyrrole nitrogens is 1. The minimum atomic E-state index is 0.0372. The molecule has 1 aliphatic rings. The fraction of sp³-hybridized carbons (Fsp3) is 0.391. The second-order valence-electron chi connectivity index (χ2n) is 7.98. The van der Waals surface area contributed by atoms with Gasteiger partial charge in [-0.05, 0) is 62.9 Å². The Morgan fingerprint density at radius 2 is 1.81 bits per heavy atom. The molecule has 1 heterocycles. The third kappa shape index (κ3) is 2.85. The fourth-order valence-electron chi connectivity index (χ4n) is 5.06. The zero-order chi connectivity index (χ0) is 18.1. The smallest absolute Gasteiger partial charge is 0.0487 e. The summed E-state index contributed by atoms with van der Waals surface area (Å²) in [5, 5.41) is 1.34. The van der Waals surface area contributed by atoms with Crippen LogP contribution >= 0.6 is 0 Å². The minimum absolute atomic E-state index is 0.0372. The van der Waals surface area contributed by atoms with Crippen LogP contribution < -0.4 is 5.73 Å².